The smallest absolute Gasteiger partial charge is 0.117 e. The van der Waals surface area contributed by atoms with Crippen molar-refractivity contribution in [2.75, 3.05) is 6.54 Å². The first-order valence-electron chi connectivity index (χ1n) is 6.07. The molecule has 2 aromatic rings. The van der Waals surface area contributed by atoms with Gasteiger partial charge in [-0.2, -0.15) is 5.10 Å². The van der Waals surface area contributed by atoms with Crippen LogP contribution in [-0.2, 0) is 13.1 Å². The van der Waals surface area contributed by atoms with E-state index < -0.39 is 6.10 Å². The molecule has 0 saturated carbocycles. The zero-order chi connectivity index (χ0) is 13.0. The minimum atomic E-state index is -0.460. The molecule has 2 N–H and O–H groups in total. The van der Waals surface area contributed by atoms with Gasteiger partial charge in [-0.25, -0.2) is 0 Å². The van der Waals surface area contributed by atoms with Crippen LogP contribution in [0.2, 0.25) is 0 Å². The van der Waals surface area contributed by atoms with E-state index in [0.29, 0.717) is 19.6 Å². The Morgan fingerprint density at radius 1 is 1.50 bits per heavy atom. The van der Waals surface area contributed by atoms with Crippen molar-refractivity contribution < 1.29 is 9.52 Å². The highest BCUT2D eigenvalue weighted by Gasteiger charge is 2.08. The van der Waals surface area contributed by atoms with Crippen LogP contribution >= 0.6 is 0 Å². The predicted octanol–water partition coefficient (Wildman–Crippen LogP) is 1.24. The van der Waals surface area contributed by atoms with Crippen molar-refractivity contribution in [2.45, 2.75) is 33.0 Å². The lowest BCUT2D eigenvalue weighted by Gasteiger charge is -2.12. The Morgan fingerprint density at radius 2 is 2.33 bits per heavy atom. The van der Waals surface area contributed by atoms with Gasteiger partial charge in [-0.15, -0.1) is 0 Å². The first kappa shape index (κ1) is 12.9. The monoisotopic (exact) mass is 249 g/mol. The van der Waals surface area contributed by atoms with Crippen LogP contribution in [0.5, 0.6) is 0 Å². The Balaban J connectivity index is 1.75. The normalized spacial score (nSPS) is 12.8. The van der Waals surface area contributed by atoms with Crippen molar-refractivity contribution in [3.8, 4) is 0 Å². The Hall–Kier alpha value is -1.59. The van der Waals surface area contributed by atoms with E-state index in [1.54, 1.807) is 6.26 Å². The van der Waals surface area contributed by atoms with Crippen LogP contribution in [-0.4, -0.2) is 27.5 Å². The van der Waals surface area contributed by atoms with Crippen LogP contribution < -0.4 is 5.32 Å². The fraction of sp³-hybridized carbons (Fsp3) is 0.462. The van der Waals surface area contributed by atoms with Gasteiger partial charge in [0.15, 0.2) is 0 Å². The lowest BCUT2D eigenvalue weighted by atomic mass is 10.3. The Labute approximate surface area is 106 Å². The average molecular weight is 249 g/mol. The first-order valence-corrected chi connectivity index (χ1v) is 6.07. The first-order chi connectivity index (χ1) is 8.65. The van der Waals surface area contributed by atoms with Gasteiger partial charge in [0.25, 0.3) is 0 Å². The van der Waals surface area contributed by atoms with Gasteiger partial charge in [0.2, 0.25) is 0 Å². The zero-order valence-corrected chi connectivity index (χ0v) is 10.8. The third kappa shape index (κ3) is 3.45. The standard InChI is InChI=1S/C13H19N3O2/c1-10-6-11(2)16(15-10)9-12(17)7-14-8-13-4-3-5-18-13/h3-6,12,14,17H,7-9H2,1-2H3/t12-/m0/s1. The number of hydrogen-bond donors (Lipinski definition) is 2. The second-order valence-corrected chi connectivity index (χ2v) is 4.47. The molecule has 0 fully saturated rings. The Bertz CT molecular complexity index is 476. The van der Waals surface area contributed by atoms with Gasteiger partial charge < -0.3 is 14.8 Å². The summed E-state index contributed by atoms with van der Waals surface area (Å²) >= 11 is 0. The van der Waals surface area contributed by atoms with Crippen LogP contribution in [0.3, 0.4) is 0 Å². The molecule has 2 aromatic heterocycles. The molecule has 5 heteroatoms. The molecule has 5 nitrogen and oxygen atoms in total. The van der Waals surface area contributed by atoms with Crippen LogP contribution in [0.1, 0.15) is 17.1 Å². The topological polar surface area (TPSA) is 63.2 Å². The lowest BCUT2D eigenvalue weighted by molar-refractivity contribution is 0.145. The number of rotatable bonds is 6. The van der Waals surface area contributed by atoms with Gasteiger partial charge in [-0.3, -0.25) is 4.68 Å². The van der Waals surface area contributed by atoms with E-state index in [4.69, 9.17) is 4.42 Å². The van der Waals surface area contributed by atoms with E-state index in [9.17, 15) is 5.11 Å². The number of aromatic nitrogens is 2. The third-order valence-electron chi connectivity index (χ3n) is 2.75. The molecule has 0 aliphatic rings. The summed E-state index contributed by atoms with van der Waals surface area (Å²) in [6.45, 7) is 5.58. The van der Waals surface area contributed by atoms with E-state index in [1.807, 2.05) is 36.7 Å². The molecule has 1 atom stereocenters. The van der Waals surface area contributed by atoms with Gasteiger partial charge in [0, 0.05) is 12.2 Å². The maximum atomic E-state index is 9.91. The number of nitrogens with one attached hydrogen (secondary N) is 1. The van der Waals surface area contributed by atoms with Crippen molar-refractivity contribution in [2.24, 2.45) is 0 Å². The fourth-order valence-corrected chi connectivity index (χ4v) is 1.90. The van der Waals surface area contributed by atoms with Crippen LogP contribution in [0.4, 0.5) is 0 Å². The molecule has 0 aromatic carbocycles. The minimum absolute atomic E-state index is 0.460. The summed E-state index contributed by atoms with van der Waals surface area (Å²) in [4.78, 5) is 0. The number of hydrogen-bond acceptors (Lipinski definition) is 4. The van der Waals surface area contributed by atoms with Gasteiger partial charge >= 0.3 is 0 Å². The van der Waals surface area contributed by atoms with E-state index >= 15 is 0 Å². The highest BCUT2D eigenvalue weighted by molar-refractivity contribution is 5.06. The minimum Gasteiger partial charge on any atom is -0.468 e. The SMILES string of the molecule is Cc1cc(C)n(C[C@@H](O)CNCc2ccco2)n1. The van der Waals surface area contributed by atoms with Crippen LogP contribution in [0, 0.1) is 13.8 Å². The van der Waals surface area contributed by atoms with Gasteiger partial charge in [0.05, 0.1) is 31.2 Å². The number of aliphatic hydroxyl groups excluding tert-OH is 1. The number of furan rings is 1. The molecular formula is C13H19N3O2. The van der Waals surface area contributed by atoms with E-state index in [0.717, 1.165) is 17.1 Å². The summed E-state index contributed by atoms with van der Waals surface area (Å²) in [5.41, 5.74) is 2.04. The van der Waals surface area contributed by atoms with E-state index in [-0.39, 0.29) is 0 Å². The number of nitrogens with zero attached hydrogens (tertiary/aromatic N) is 2. The summed E-state index contributed by atoms with van der Waals surface area (Å²) in [5, 5.41) is 17.4. The maximum absolute atomic E-state index is 9.91. The van der Waals surface area contributed by atoms with Crippen LogP contribution in [0.15, 0.2) is 28.9 Å². The van der Waals surface area contributed by atoms with Gasteiger partial charge in [0.1, 0.15) is 5.76 Å². The summed E-state index contributed by atoms with van der Waals surface area (Å²) in [7, 11) is 0. The number of aliphatic hydroxyl groups is 1. The van der Waals surface area contributed by atoms with Gasteiger partial charge in [-0.05, 0) is 32.0 Å². The third-order valence-corrected chi connectivity index (χ3v) is 2.75. The van der Waals surface area contributed by atoms with Gasteiger partial charge in [-0.1, -0.05) is 0 Å². The largest absolute Gasteiger partial charge is 0.468 e. The molecule has 0 radical (unpaired) electrons. The molecule has 0 amide bonds. The average Bonchev–Trinajstić information content (AvgIpc) is 2.90. The summed E-state index contributed by atoms with van der Waals surface area (Å²) in [6.07, 6.45) is 1.18. The lowest BCUT2D eigenvalue weighted by Crippen LogP contribution is -2.30. The molecule has 0 unspecified atom stereocenters. The molecule has 98 valence electrons. The van der Waals surface area contributed by atoms with Crippen molar-refractivity contribution in [1.29, 1.82) is 0 Å². The molecule has 0 bridgehead atoms. The van der Waals surface area contributed by atoms with E-state index in [1.165, 1.54) is 0 Å². The molecule has 2 heterocycles. The van der Waals surface area contributed by atoms with Crippen molar-refractivity contribution in [1.82, 2.24) is 15.1 Å². The molecule has 18 heavy (non-hydrogen) atoms. The van der Waals surface area contributed by atoms with Crippen molar-refractivity contribution in [3.63, 3.8) is 0 Å². The molecule has 0 saturated heterocycles. The second kappa shape index (κ2) is 5.84. The molecule has 0 spiro atoms. The molecule has 0 aliphatic carbocycles. The highest BCUT2D eigenvalue weighted by Crippen LogP contribution is 2.03. The summed E-state index contributed by atoms with van der Waals surface area (Å²) < 4.78 is 7.02. The van der Waals surface area contributed by atoms with Crippen molar-refractivity contribution in [3.05, 3.63) is 41.6 Å². The number of aryl methyl sites for hydroxylation is 2. The molecule has 2 rings (SSSR count). The molecule has 0 aliphatic heterocycles. The van der Waals surface area contributed by atoms with Crippen molar-refractivity contribution >= 4 is 0 Å². The fourth-order valence-electron chi connectivity index (χ4n) is 1.90. The maximum Gasteiger partial charge on any atom is 0.117 e. The summed E-state index contributed by atoms with van der Waals surface area (Å²) in [5.74, 6) is 0.869. The zero-order valence-electron chi connectivity index (χ0n) is 10.8. The second-order valence-electron chi connectivity index (χ2n) is 4.47. The van der Waals surface area contributed by atoms with E-state index in [2.05, 4.69) is 10.4 Å². The summed E-state index contributed by atoms with van der Waals surface area (Å²) in [6, 6.07) is 5.76. The highest BCUT2D eigenvalue weighted by atomic mass is 16.3. The predicted molar refractivity (Wildman–Crippen MR) is 68.1 cm³/mol. The Kier molecular flexibility index (Phi) is 4.17. The molecular weight excluding hydrogens is 230 g/mol. The Morgan fingerprint density at radius 3 is 2.94 bits per heavy atom. The van der Waals surface area contributed by atoms with Crippen LogP contribution in [0.25, 0.3) is 0 Å². The quantitative estimate of drug-likeness (QED) is 0.808.